The first-order chi connectivity index (χ1) is 10.2. The van der Waals surface area contributed by atoms with E-state index in [0.717, 1.165) is 17.6 Å². The number of benzene rings is 1. The Morgan fingerprint density at radius 1 is 1.29 bits per heavy atom. The zero-order valence-corrected chi connectivity index (χ0v) is 14.2. The summed E-state index contributed by atoms with van der Waals surface area (Å²) < 4.78 is 3.22. The van der Waals surface area contributed by atoms with Crippen LogP contribution in [0.3, 0.4) is 0 Å². The van der Waals surface area contributed by atoms with E-state index in [1.54, 1.807) is 0 Å². The molecule has 0 bridgehead atoms. The second-order valence-electron chi connectivity index (χ2n) is 5.71. The number of aryl methyl sites for hydroxylation is 1. The molecule has 0 radical (unpaired) electrons. The molecule has 4 heteroatoms. The monoisotopic (exact) mass is 347 g/mol. The molecule has 1 N–H and O–H groups in total. The quantitative estimate of drug-likeness (QED) is 0.854. The van der Waals surface area contributed by atoms with Crippen LogP contribution in [0, 0.1) is 0 Å². The summed E-state index contributed by atoms with van der Waals surface area (Å²) in [6.45, 7) is 6.18. The SMILES string of the molecule is CCNC(c1c(Br)cnn1CC)C1(c2ccccc2)CC1. The van der Waals surface area contributed by atoms with Crippen molar-refractivity contribution in [3.8, 4) is 0 Å². The highest BCUT2D eigenvalue weighted by molar-refractivity contribution is 9.10. The first-order valence-corrected chi connectivity index (χ1v) is 8.52. The lowest BCUT2D eigenvalue weighted by Crippen LogP contribution is -2.34. The fourth-order valence-corrected chi connectivity index (χ4v) is 3.84. The topological polar surface area (TPSA) is 29.9 Å². The van der Waals surface area contributed by atoms with E-state index in [-0.39, 0.29) is 5.41 Å². The number of hydrogen-bond acceptors (Lipinski definition) is 2. The van der Waals surface area contributed by atoms with Crippen molar-refractivity contribution in [1.82, 2.24) is 15.1 Å². The van der Waals surface area contributed by atoms with E-state index < -0.39 is 0 Å². The van der Waals surface area contributed by atoms with Gasteiger partial charge < -0.3 is 5.32 Å². The Labute approximate surface area is 134 Å². The molecule has 3 nitrogen and oxygen atoms in total. The van der Waals surface area contributed by atoms with Crippen LogP contribution in [-0.4, -0.2) is 16.3 Å². The summed E-state index contributed by atoms with van der Waals surface area (Å²) in [5.41, 5.74) is 2.93. The van der Waals surface area contributed by atoms with Crippen molar-refractivity contribution < 1.29 is 0 Å². The van der Waals surface area contributed by atoms with E-state index in [0.29, 0.717) is 6.04 Å². The van der Waals surface area contributed by atoms with Crippen molar-refractivity contribution in [2.24, 2.45) is 0 Å². The molecule has 112 valence electrons. The molecular weight excluding hydrogens is 326 g/mol. The van der Waals surface area contributed by atoms with Crippen molar-refractivity contribution in [3.63, 3.8) is 0 Å². The van der Waals surface area contributed by atoms with Gasteiger partial charge in [0.25, 0.3) is 0 Å². The van der Waals surface area contributed by atoms with Crippen LogP contribution < -0.4 is 5.32 Å². The molecule has 1 aromatic carbocycles. The van der Waals surface area contributed by atoms with Gasteiger partial charge in [0, 0.05) is 12.0 Å². The molecule has 1 unspecified atom stereocenters. The Balaban J connectivity index is 2.05. The average Bonchev–Trinajstić information content (AvgIpc) is 3.24. The minimum absolute atomic E-state index is 0.215. The summed E-state index contributed by atoms with van der Waals surface area (Å²) >= 11 is 3.70. The van der Waals surface area contributed by atoms with E-state index in [9.17, 15) is 0 Å². The first kappa shape index (κ1) is 14.8. The minimum Gasteiger partial charge on any atom is -0.308 e. The molecule has 1 aliphatic rings. The van der Waals surface area contributed by atoms with E-state index in [1.165, 1.54) is 24.1 Å². The summed E-state index contributed by atoms with van der Waals surface area (Å²) in [5, 5.41) is 8.21. The number of rotatable bonds is 6. The average molecular weight is 348 g/mol. The molecule has 2 aromatic rings. The van der Waals surface area contributed by atoms with Gasteiger partial charge in [-0.3, -0.25) is 4.68 Å². The molecule has 1 atom stereocenters. The lowest BCUT2D eigenvalue weighted by Gasteiger charge is -2.29. The Morgan fingerprint density at radius 2 is 2.00 bits per heavy atom. The Hall–Kier alpha value is -1.13. The second-order valence-corrected chi connectivity index (χ2v) is 6.56. The van der Waals surface area contributed by atoms with E-state index in [2.05, 4.69) is 75.2 Å². The highest BCUT2D eigenvalue weighted by Crippen LogP contribution is 2.57. The maximum atomic E-state index is 4.50. The summed E-state index contributed by atoms with van der Waals surface area (Å²) in [6, 6.07) is 11.2. The van der Waals surface area contributed by atoms with E-state index in [1.807, 2.05) is 6.20 Å². The highest BCUT2D eigenvalue weighted by atomic mass is 79.9. The molecule has 1 aromatic heterocycles. The molecule has 0 spiro atoms. The van der Waals surface area contributed by atoms with Crippen molar-refractivity contribution in [1.29, 1.82) is 0 Å². The molecule has 21 heavy (non-hydrogen) atoms. The zero-order chi connectivity index (χ0) is 14.9. The van der Waals surface area contributed by atoms with Crippen LogP contribution >= 0.6 is 15.9 Å². The number of aromatic nitrogens is 2. The Morgan fingerprint density at radius 3 is 2.57 bits per heavy atom. The van der Waals surface area contributed by atoms with Gasteiger partial charge in [-0.1, -0.05) is 37.3 Å². The third kappa shape index (κ3) is 2.55. The van der Waals surface area contributed by atoms with Gasteiger partial charge >= 0.3 is 0 Å². The number of likely N-dealkylation sites (N-methyl/N-ethyl adjacent to an activating group) is 1. The molecule has 1 aliphatic carbocycles. The third-order valence-electron chi connectivity index (χ3n) is 4.50. The normalized spacial score (nSPS) is 17.7. The largest absolute Gasteiger partial charge is 0.308 e. The summed E-state index contributed by atoms with van der Waals surface area (Å²) in [7, 11) is 0. The van der Waals surface area contributed by atoms with E-state index in [4.69, 9.17) is 0 Å². The molecule has 0 amide bonds. The third-order valence-corrected chi connectivity index (χ3v) is 5.12. The highest BCUT2D eigenvalue weighted by Gasteiger charge is 2.52. The summed E-state index contributed by atoms with van der Waals surface area (Å²) in [6.07, 6.45) is 4.39. The van der Waals surface area contributed by atoms with Crippen LogP contribution in [0.25, 0.3) is 0 Å². The van der Waals surface area contributed by atoms with Crippen LogP contribution in [0.5, 0.6) is 0 Å². The maximum absolute atomic E-state index is 4.50. The van der Waals surface area contributed by atoms with Crippen LogP contribution in [0.4, 0.5) is 0 Å². The Bertz CT molecular complexity index is 602. The van der Waals surface area contributed by atoms with Gasteiger partial charge in [-0.25, -0.2) is 0 Å². The van der Waals surface area contributed by atoms with Crippen molar-refractivity contribution in [2.45, 2.75) is 44.7 Å². The van der Waals surface area contributed by atoms with Gasteiger partial charge in [0.1, 0.15) is 0 Å². The van der Waals surface area contributed by atoms with Crippen molar-refractivity contribution >= 4 is 15.9 Å². The molecule has 1 heterocycles. The van der Waals surface area contributed by atoms with Gasteiger partial charge in [0.15, 0.2) is 0 Å². The van der Waals surface area contributed by atoms with Gasteiger partial charge in [0.2, 0.25) is 0 Å². The zero-order valence-electron chi connectivity index (χ0n) is 12.6. The van der Waals surface area contributed by atoms with E-state index >= 15 is 0 Å². The fourth-order valence-electron chi connectivity index (χ4n) is 3.32. The molecule has 1 fully saturated rings. The van der Waals surface area contributed by atoms with Gasteiger partial charge in [-0.2, -0.15) is 5.10 Å². The summed E-state index contributed by atoms with van der Waals surface area (Å²) in [5.74, 6) is 0. The van der Waals surface area contributed by atoms with Crippen LogP contribution in [0.2, 0.25) is 0 Å². The standard InChI is InChI=1S/C17H22BrN3/c1-3-19-16(15-14(18)12-20-21(15)4-2)17(10-11-17)13-8-6-5-7-9-13/h5-9,12,16,19H,3-4,10-11H2,1-2H3. The molecule has 1 saturated carbocycles. The van der Waals surface area contributed by atoms with Gasteiger partial charge in [0.05, 0.1) is 22.4 Å². The predicted molar refractivity (Wildman–Crippen MR) is 89.4 cm³/mol. The number of nitrogens with zero attached hydrogens (tertiary/aromatic N) is 2. The predicted octanol–water partition coefficient (Wildman–Crippen LogP) is 4.05. The number of hydrogen-bond donors (Lipinski definition) is 1. The maximum Gasteiger partial charge on any atom is 0.0704 e. The Kier molecular flexibility index (Phi) is 4.18. The van der Waals surface area contributed by atoms with Crippen molar-refractivity contribution in [3.05, 3.63) is 52.3 Å². The minimum atomic E-state index is 0.215. The smallest absolute Gasteiger partial charge is 0.0704 e. The van der Waals surface area contributed by atoms with Gasteiger partial charge in [-0.15, -0.1) is 0 Å². The fraction of sp³-hybridized carbons (Fsp3) is 0.471. The lowest BCUT2D eigenvalue weighted by molar-refractivity contribution is 0.405. The molecule has 0 aliphatic heterocycles. The first-order valence-electron chi connectivity index (χ1n) is 7.73. The van der Waals surface area contributed by atoms with Crippen molar-refractivity contribution in [2.75, 3.05) is 6.54 Å². The number of nitrogens with one attached hydrogen (secondary N) is 1. The lowest BCUT2D eigenvalue weighted by atomic mass is 9.86. The second kappa shape index (κ2) is 5.93. The number of halogens is 1. The molecule has 0 saturated heterocycles. The molecular formula is C17H22BrN3. The van der Waals surface area contributed by atoms with Gasteiger partial charge in [-0.05, 0) is 47.8 Å². The van der Waals surface area contributed by atoms with Crippen LogP contribution in [-0.2, 0) is 12.0 Å². The summed E-state index contributed by atoms with van der Waals surface area (Å²) in [4.78, 5) is 0. The van der Waals surface area contributed by atoms with Crippen LogP contribution in [0.15, 0.2) is 41.0 Å². The van der Waals surface area contributed by atoms with Crippen LogP contribution in [0.1, 0.15) is 44.0 Å². The molecule has 3 rings (SSSR count).